The molecule has 0 spiro atoms. The summed E-state index contributed by atoms with van der Waals surface area (Å²) < 4.78 is 1.01. The van der Waals surface area contributed by atoms with Crippen molar-refractivity contribution in [3.63, 3.8) is 0 Å². The van der Waals surface area contributed by atoms with Gasteiger partial charge in [0.05, 0.1) is 24.4 Å². The Kier molecular flexibility index (Phi) is 5.66. The Morgan fingerprint density at radius 2 is 1.88 bits per heavy atom. The van der Waals surface area contributed by atoms with Gasteiger partial charge in [0.2, 0.25) is 5.91 Å². The summed E-state index contributed by atoms with van der Waals surface area (Å²) in [6, 6.07) is 17.7. The number of carbonyl (C=O) groups is 1. The monoisotopic (exact) mass is 397 g/mol. The summed E-state index contributed by atoms with van der Waals surface area (Å²) in [5, 5.41) is 3.07. The van der Waals surface area contributed by atoms with Crippen LogP contribution >= 0.6 is 15.9 Å². The topological polar surface area (TPSA) is 57.8 Å². The van der Waals surface area contributed by atoms with Crippen molar-refractivity contribution in [1.82, 2.24) is 15.3 Å². The SMILES string of the molecule is CCC(NC(=O)Cc1ccc(Br)cc1)c1ncc(-c2ccccc2)[nH]1. The number of halogens is 1. The van der Waals surface area contributed by atoms with Gasteiger partial charge in [-0.1, -0.05) is 65.3 Å². The Balaban J connectivity index is 1.67. The molecule has 4 nitrogen and oxygen atoms in total. The van der Waals surface area contributed by atoms with Gasteiger partial charge in [0.1, 0.15) is 5.82 Å². The van der Waals surface area contributed by atoms with E-state index in [1.165, 1.54) is 0 Å². The zero-order chi connectivity index (χ0) is 17.6. The second-order valence-corrected chi connectivity index (χ2v) is 6.80. The lowest BCUT2D eigenvalue weighted by Gasteiger charge is -2.15. The van der Waals surface area contributed by atoms with Crippen LogP contribution in [0.15, 0.2) is 65.3 Å². The molecular formula is C20H20BrN3O. The molecule has 25 heavy (non-hydrogen) atoms. The van der Waals surface area contributed by atoms with Crippen molar-refractivity contribution in [1.29, 1.82) is 0 Å². The number of nitrogens with zero attached hydrogens (tertiary/aromatic N) is 1. The van der Waals surface area contributed by atoms with Crippen molar-refractivity contribution >= 4 is 21.8 Å². The first-order valence-corrected chi connectivity index (χ1v) is 9.09. The fraction of sp³-hybridized carbons (Fsp3) is 0.200. The van der Waals surface area contributed by atoms with Crippen LogP contribution in [0.4, 0.5) is 0 Å². The van der Waals surface area contributed by atoms with E-state index < -0.39 is 0 Å². The number of aromatic nitrogens is 2. The maximum absolute atomic E-state index is 12.4. The van der Waals surface area contributed by atoms with E-state index in [9.17, 15) is 4.79 Å². The molecule has 0 saturated carbocycles. The molecule has 0 saturated heterocycles. The fourth-order valence-corrected chi connectivity index (χ4v) is 2.94. The molecule has 2 aromatic carbocycles. The zero-order valence-electron chi connectivity index (χ0n) is 14.0. The third-order valence-corrected chi connectivity index (χ3v) is 4.56. The van der Waals surface area contributed by atoms with E-state index in [1.54, 1.807) is 0 Å². The molecule has 1 amide bonds. The van der Waals surface area contributed by atoms with Gasteiger partial charge in [-0.15, -0.1) is 0 Å². The zero-order valence-corrected chi connectivity index (χ0v) is 15.6. The lowest BCUT2D eigenvalue weighted by atomic mass is 10.1. The quantitative estimate of drug-likeness (QED) is 0.635. The number of imidazole rings is 1. The van der Waals surface area contributed by atoms with E-state index in [0.29, 0.717) is 6.42 Å². The minimum atomic E-state index is -0.125. The number of H-pyrrole nitrogens is 1. The number of amides is 1. The molecule has 0 radical (unpaired) electrons. The van der Waals surface area contributed by atoms with Crippen molar-refractivity contribution in [3.05, 3.63) is 76.7 Å². The molecule has 1 heterocycles. The van der Waals surface area contributed by atoms with Crippen LogP contribution in [0.2, 0.25) is 0 Å². The van der Waals surface area contributed by atoms with Gasteiger partial charge in [0.25, 0.3) is 0 Å². The summed E-state index contributed by atoms with van der Waals surface area (Å²) in [5.74, 6) is 0.775. The Bertz CT molecular complexity index is 828. The van der Waals surface area contributed by atoms with Gasteiger partial charge in [-0.2, -0.15) is 0 Å². The third kappa shape index (κ3) is 4.57. The largest absolute Gasteiger partial charge is 0.346 e. The Labute approximate surface area is 155 Å². The van der Waals surface area contributed by atoms with Gasteiger partial charge in [0.15, 0.2) is 0 Å². The summed E-state index contributed by atoms with van der Waals surface area (Å²) in [4.78, 5) is 20.1. The van der Waals surface area contributed by atoms with E-state index in [1.807, 2.05) is 67.7 Å². The van der Waals surface area contributed by atoms with Gasteiger partial charge in [-0.25, -0.2) is 4.98 Å². The van der Waals surface area contributed by atoms with E-state index in [-0.39, 0.29) is 11.9 Å². The predicted octanol–water partition coefficient (Wildman–Crippen LogP) is 4.65. The molecule has 1 aromatic heterocycles. The van der Waals surface area contributed by atoms with Crippen molar-refractivity contribution in [2.75, 3.05) is 0 Å². The van der Waals surface area contributed by atoms with E-state index >= 15 is 0 Å². The number of carbonyl (C=O) groups excluding carboxylic acids is 1. The number of aromatic amines is 1. The highest BCUT2D eigenvalue weighted by molar-refractivity contribution is 9.10. The van der Waals surface area contributed by atoms with Gasteiger partial charge >= 0.3 is 0 Å². The van der Waals surface area contributed by atoms with Gasteiger partial charge in [0, 0.05) is 4.47 Å². The minimum absolute atomic E-state index is 0.00756. The number of hydrogen-bond acceptors (Lipinski definition) is 2. The number of nitrogens with one attached hydrogen (secondary N) is 2. The van der Waals surface area contributed by atoms with Crippen LogP contribution < -0.4 is 5.32 Å². The van der Waals surface area contributed by atoms with Crippen LogP contribution in [0.3, 0.4) is 0 Å². The molecule has 2 N–H and O–H groups in total. The molecule has 3 rings (SSSR count). The van der Waals surface area contributed by atoms with Crippen molar-refractivity contribution in [3.8, 4) is 11.3 Å². The predicted molar refractivity (Wildman–Crippen MR) is 103 cm³/mol. The first-order valence-electron chi connectivity index (χ1n) is 8.30. The van der Waals surface area contributed by atoms with Crippen LogP contribution in [-0.4, -0.2) is 15.9 Å². The molecule has 5 heteroatoms. The van der Waals surface area contributed by atoms with E-state index in [2.05, 4.69) is 31.2 Å². The summed E-state index contributed by atoms with van der Waals surface area (Å²) in [5.41, 5.74) is 3.02. The molecule has 1 unspecified atom stereocenters. The molecule has 1 atom stereocenters. The highest BCUT2D eigenvalue weighted by Gasteiger charge is 2.16. The number of rotatable bonds is 6. The Morgan fingerprint density at radius 1 is 1.16 bits per heavy atom. The smallest absolute Gasteiger partial charge is 0.225 e. The Hall–Kier alpha value is -2.40. The second-order valence-electron chi connectivity index (χ2n) is 5.88. The summed E-state index contributed by atoms with van der Waals surface area (Å²) in [7, 11) is 0. The highest BCUT2D eigenvalue weighted by Crippen LogP contribution is 2.20. The normalized spacial score (nSPS) is 11.9. The molecular weight excluding hydrogens is 378 g/mol. The van der Waals surface area contributed by atoms with Gasteiger partial charge in [-0.3, -0.25) is 4.79 Å². The van der Waals surface area contributed by atoms with Crippen LogP contribution in [0.5, 0.6) is 0 Å². The average Bonchev–Trinajstić information content (AvgIpc) is 3.12. The fourth-order valence-electron chi connectivity index (χ4n) is 2.67. The van der Waals surface area contributed by atoms with Crippen LogP contribution in [0, 0.1) is 0 Å². The summed E-state index contributed by atoms with van der Waals surface area (Å²) in [6.45, 7) is 2.04. The summed E-state index contributed by atoms with van der Waals surface area (Å²) >= 11 is 3.40. The first-order chi connectivity index (χ1) is 12.2. The van der Waals surface area contributed by atoms with Crippen molar-refractivity contribution in [2.24, 2.45) is 0 Å². The van der Waals surface area contributed by atoms with Crippen LogP contribution in [0.1, 0.15) is 30.8 Å². The molecule has 0 aliphatic carbocycles. The first kappa shape index (κ1) is 17.4. The van der Waals surface area contributed by atoms with Crippen molar-refractivity contribution in [2.45, 2.75) is 25.8 Å². The molecule has 0 bridgehead atoms. The van der Waals surface area contributed by atoms with Crippen LogP contribution in [-0.2, 0) is 11.2 Å². The van der Waals surface area contributed by atoms with E-state index in [0.717, 1.165) is 33.5 Å². The standard InChI is InChI=1S/C20H20BrN3O/c1-2-17(23-19(25)12-14-8-10-16(21)11-9-14)20-22-13-18(24-20)15-6-4-3-5-7-15/h3-11,13,17H,2,12H2,1H3,(H,22,24)(H,23,25). The molecule has 0 aliphatic rings. The molecule has 0 fully saturated rings. The third-order valence-electron chi connectivity index (χ3n) is 4.03. The minimum Gasteiger partial charge on any atom is -0.346 e. The average molecular weight is 398 g/mol. The maximum Gasteiger partial charge on any atom is 0.225 e. The van der Waals surface area contributed by atoms with E-state index in [4.69, 9.17) is 0 Å². The molecule has 128 valence electrons. The molecule has 0 aliphatic heterocycles. The van der Waals surface area contributed by atoms with Gasteiger partial charge < -0.3 is 10.3 Å². The lowest BCUT2D eigenvalue weighted by molar-refractivity contribution is -0.121. The second kappa shape index (κ2) is 8.12. The maximum atomic E-state index is 12.4. The number of benzene rings is 2. The van der Waals surface area contributed by atoms with Gasteiger partial charge in [-0.05, 0) is 29.7 Å². The summed E-state index contributed by atoms with van der Waals surface area (Å²) in [6.07, 6.45) is 2.94. The Morgan fingerprint density at radius 3 is 2.56 bits per heavy atom. The number of hydrogen-bond donors (Lipinski definition) is 2. The highest BCUT2D eigenvalue weighted by atomic mass is 79.9. The van der Waals surface area contributed by atoms with Crippen LogP contribution in [0.25, 0.3) is 11.3 Å². The van der Waals surface area contributed by atoms with Crippen molar-refractivity contribution < 1.29 is 4.79 Å². The molecule has 3 aromatic rings. The lowest BCUT2D eigenvalue weighted by Crippen LogP contribution is -2.30.